The van der Waals surface area contributed by atoms with Gasteiger partial charge in [-0.1, -0.05) is 0 Å². The smallest absolute Gasteiger partial charge is 0.385 e. The first kappa shape index (κ1) is 14.4. The highest BCUT2D eigenvalue weighted by Crippen LogP contribution is 2.31. The van der Waals surface area contributed by atoms with Gasteiger partial charge in [0.25, 0.3) is 0 Å². The summed E-state index contributed by atoms with van der Waals surface area (Å²) >= 11 is 0. The maximum absolute atomic E-state index is 12.7. The molecule has 0 spiro atoms. The van der Waals surface area contributed by atoms with Crippen LogP contribution in [0.2, 0.25) is 0 Å². The molecule has 0 aliphatic heterocycles. The number of rotatable bonds is 4. The molecule has 0 unspecified atom stereocenters. The molecule has 1 aromatic heterocycles. The Bertz CT molecular complexity index is 570. The standard InChI is InChI=1S/C14H16F3N3/c1-3-18-11-7-5-10(6-8-11)13-19-12(14(15,16)17)9-20(13)4-2/h5-9,18H,3-4H2,1-2H3. The number of imidazole rings is 1. The second-order valence-electron chi connectivity index (χ2n) is 4.34. The van der Waals surface area contributed by atoms with Crippen molar-refractivity contribution in [3.63, 3.8) is 0 Å². The summed E-state index contributed by atoms with van der Waals surface area (Å²) < 4.78 is 39.6. The highest BCUT2D eigenvalue weighted by atomic mass is 19.4. The minimum atomic E-state index is -4.42. The van der Waals surface area contributed by atoms with E-state index in [9.17, 15) is 13.2 Å². The minimum Gasteiger partial charge on any atom is -0.385 e. The van der Waals surface area contributed by atoms with Crippen molar-refractivity contribution in [2.75, 3.05) is 11.9 Å². The third-order valence-corrected chi connectivity index (χ3v) is 2.93. The fourth-order valence-electron chi connectivity index (χ4n) is 1.97. The molecule has 0 saturated heterocycles. The van der Waals surface area contributed by atoms with Crippen molar-refractivity contribution in [3.05, 3.63) is 36.2 Å². The molecule has 0 saturated carbocycles. The lowest BCUT2D eigenvalue weighted by molar-refractivity contribution is -0.140. The molecule has 0 radical (unpaired) electrons. The van der Waals surface area contributed by atoms with Crippen LogP contribution >= 0.6 is 0 Å². The summed E-state index contributed by atoms with van der Waals surface area (Å²) in [6, 6.07) is 7.21. The maximum atomic E-state index is 12.7. The van der Waals surface area contributed by atoms with Crippen LogP contribution in [0, 0.1) is 0 Å². The Hall–Kier alpha value is -1.98. The van der Waals surface area contributed by atoms with E-state index in [2.05, 4.69) is 10.3 Å². The Morgan fingerprint density at radius 3 is 2.30 bits per heavy atom. The first-order valence-corrected chi connectivity index (χ1v) is 6.44. The third-order valence-electron chi connectivity index (χ3n) is 2.93. The zero-order valence-electron chi connectivity index (χ0n) is 11.3. The number of hydrogen-bond acceptors (Lipinski definition) is 2. The first-order valence-electron chi connectivity index (χ1n) is 6.44. The third kappa shape index (κ3) is 2.95. The molecule has 6 heteroatoms. The predicted molar refractivity (Wildman–Crippen MR) is 72.5 cm³/mol. The van der Waals surface area contributed by atoms with Crippen molar-refractivity contribution in [1.29, 1.82) is 0 Å². The highest BCUT2D eigenvalue weighted by Gasteiger charge is 2.34. The molecule has 2 rings (SSSR count). The van der Waals surface area contributed by atoms with Gasteiger partial charge in [-0.15, -0.1) is 0 Å². The van der Waals surface area contributed by atoms with Crippen LogP contribution in [0.4, 0.5) is 18.9 Å². The predicted octanol–water partition coefficient (Wildman–Crippen LogP) is 4.02. The lowest BCUT2D eigenvalue weighted by atomic mass is 10.2. The van der Waals surface area contributed by atoms with Crippen LogP contribution in [-0.2, 0) is 12.7 Å². The van der Waals surface area contributed by atoms with Crippen LogP contribution in [0.5, 0.6) is 0 Å². The number of halogens is 3. The molecular formula is C14H16F3N3. The number of anilines is 1. The van der Waals surface area contributed by atoms with Crippen molar-refractivity contribution in [1.82, 2.24) is 9.55 Å². The van der Waals surface area contributed by atoms with Gasteiger partial charge in [0.1, 0.15) is 5.82 Å². The van der Waals surface area contributed by atoms with Gasteiger partial charge in [-0.3, -0.25) is 0 Å². The number of hydrogen-bond donors (Lipinski definition) is 1. The van der Waals surface area contributed by atoms with Crippen molar-refractivity contribution in [2.45, 2.75) is 26.6 Å². The van der Waals surface area contributed by atoms with E-state index in [1.807, 2.05) is 19.1 Å². The first-order chi connectivity index (χ1) is 9.45. The van der Waals surface area contributed by atoms with E-state index >= 15 is 0 Å². The van der Waals surface area contributed by atoms with Gasteiger partial charge in [0, 0.05) is 30.5 Å². The molecule has 0 bridgehead atoms. The van der Waals surface area contributed by atoms with E-state index in [-0.39, 0.29) is 0 Å². The van der Waals surface area contributed by atoms with Gasteiger partial charge in [-0.2, -0.15) is 13.2 Å². The minimum absolute atomic E-state index is 0.336. The summed E-state index contributed by atoms with van der Waals surface area (Å²) in [6.45, 7) is 5.00. The molecule has 2 aromatic rings. The van der Waals surface area contributed by atoms with Crippen molar-refractivity contribution >= 4 is 5.69 Å². The molecule has 1 heterocycles. The molecule has 0 aliphatic carbocycles. The summed E-state index contributed by atoms with van der Waals surface area (Å²) in [5.74, 6) is 0.336. The van der Waals surface area contributed by atoms with Crippen LogP contribution in [0.1, 0.15) is 19.5 Å². The number of nitrogens with one attached hydrogen (secondary N) is 1. The second-order valence-corrected chi connectivity index (χ2v) is 4.34. The van der Waals surface area contributed by atoms with Crippen LogP contribution < -0.4 is 5.32 Å². The molecule has 1 aromatic carbocycles. The van der Waals surface area contributed by atoms with E-state index in [0.717, 1.165) is 18.4 Å². The van der Waals surface area contributed by atoms with Crippen LogP contribution in [-0.4, -0.2) is 16.1 Å². The Kier molecular flexibility index (Phi) is 4.01. The van der Waals surface area contributed by atoms with E-state index in [4.69, 9.17) is 0 Å². The van der Waals surface area contributed by atoms with Crippen molar-refractivity contribution in [3.8, 4) is 11.4 Å². The topological polar surface area (TPSA) is 29.9 Å². The van der Waals surface area contributed by atoms with Crippen LogP contribution in [0.25, 0.3) is 11.4 Å². The number of nitrogens with zero attached hydrogens (tertiary/aromatic N) is 2. The van der Waals surface area contributed by atoms with E-state index < -0.39 is 11.9 Å². The average Bonchev–Trinajstić information content (AvgIpc) is 2.84. The van der Waals surface area contributed by atoms with Gasteiger partial charge in [0.15, 0.2) is 5.69 Å². The largest absolute Gasteiger partial charge is 0.434 e. The lowest BCUT2D eigenvalue weighted by Gasteiger charge is -2.06. The number of benzene rings is 1. The normalized spacial score (nSPS) is 11.7. The van der Waals surface area contributed by atoms with Crippen molar-refractivity contribution < 1.29 is 13.2 Å². The molecule has 0 aliphatic rings. The van der Waals surface area contributed by atoms with Crippen molar-refractivity contribution in [2.24, 2.45) is 0 Å². The summed E-state index contributed by atoms with van der Waals surface area (Å²) in [4.78, 5) is 3.72. The lowest BCUT2D eigenvalue weighted by Crippen LogP contribution is -2.05. The van der Waals surface area contributed by atoms with E-state index in [0.29, 0.717) is 17.9 Å². The average molecular weight is 283 g/mol. The zero-order chi connectivity index (χ0) is 14.8. The molecule has 1 N–H and O–H groups in total. The molecule has 108 valence electrons. The molecule has 0 fully saturated rings. The fourth-order valence-corrected chi connectivity index (χ4v) is 1.97. The Morgan fingerprint density at radius 1 is 1.15 bits per heavy atom. The molecule has 0 amide bonds. The number of aromatic nitrogens is 2. The molecule has 20 heavy (non-hydrogen) atoms. The van der Waals surface area contributed by atoms with Gasteiger partial charge >= 0.3 is 6.18 Å². The SMILES string of the molecule is CCNc1ccc(-c2nc(C(F)(F)F)cn2CC)cc1. The zero-order valence-corrected chi connectivity index (χ0v) is 11.3. The van der Waals surface area contributed by atoms with Crippen LogP contribution in [0.3, 0.4) is 0 Å². The maximum Gasteiger partial charge on any atom is 0.434 e. The van der Waals surface area contributed by atoms with Gasteiger partial charge in [-0.05, 0) is 38.1 Å². The fraction of sp³-hybridized carbons (Fsp3) is 0.357. The molecular weight excluding hydrogens is 267 g/mol. The molecule has 0 atom stereocenters. The number of alkyl halides is 3. The Balaban J connectivity index is 2.38. The summed E-state index contributed by atoms with van der Waals surface area (Å²) in [6.07, 6.45) is -3.37. The summed E-state index contributed by atoms with van der Waals surface area (Å²) in [5.41, 5.74) is 0.746. The summed E-state index contributed by atoms with van der Waals surface area (Å²) in [7, 11) is 0. The van der Waals surface area contributed by atoms with Crippen LogP contribution in [0.15, 0.2) is 30.5 Å². The Labute approximate surface area is 115 Å². The van der Waals surface area contributed by atoms with Gasteiger partial charge < -0.3 is 9.88 Å². The number of aryl methyl sites for hydroxylation is 1. The quantitative estimate of drug-likeness (QED) is 0.918. The van der Waals surface area contributed by atoms with E-state index in [1.54, 1.807) is 19.1 Å². The highest BCUT2D eigenvalue weighted by molar-refractivity contribution is 5.60. The molecule has 3 nitrogen and oxygen atoms in total. The van der Waals surface area contributed by atoms with Gasteiger partial charge in [0.05, 0.1) is 0 Å². The van der Waals surface area contributed by atoms with Gasteiger partial charge in [-0.25, -0.2) is 4.98 Å². The Morgan fingerprint density at radius 2 is 1.80 bits per heavy atom. The van der Waals surface area contributed by atoms with Gasteiger partial charge in [0.2, 0.25) is 0 Å². The van der Waals surface area contributed by atoms with E-state index in [1.165, 1.54) is 4.57 Å². The summed E-state index contributed by atoms with van der Waals surface area (Å²) in [5, 5.41) is 3.14. The monoisotopic (exact) mass is 283 g/mol. The second kappa shape index (κ2) is 5.56.